The smallest absolute Gasteiger partial charge is 0.227 e. The van der Waals surface area contributed by atoms with Gasteiger partial charge in [-0.2, -0.15) is 5.10 Å². The quantitative estimate of drug-likeness (QED) is 0.846. The van der Waals surface area contributed by atoms with Crippen LogP contribution < -0.4 is 0 Å². The van der Waals surface area contributed by atoms with Gasteiger partial charge in [-0.3, -0.25) is 4.79 Å². The van der Waals surface area contributed by atoms with E-state index in [0.717, 1.165) is 30.6 Å². The molecule has 1 aromatic carbocycles. The van der Waals surface area contributed by atoms with Crippen molar-refractivity contribution in [2.75, 3.05) is 6.54 Å². The van der Waals surface area contributed by atoms with Crippen molar-refractivity contribution in [1.29, 1.82) is 0 Å². The van der Waals surface area contributed by atoms with Crippen LogP contribution in [0.5, 0.6) is 0 Å². The zero-order valence-electron chi connectivity index (χ0n) is 13.8. The fraction of sp³-hybridized carbons (Fsp3) is 0.474. The minimum absolute atomic E-state index is 0.229. The van der Waals surface area contributed by atoms with E-state index >= 15 is 0 Å². The average Bonchev–Trinajstić information content (AvgIpc) is 3.06. The van der Waals surface area contributed by atoms with Crippen LogP contribution in [0.2, 0.25) is 0 Å². The fourth-order valence-electron chi connectivity index (χ4n) is 3.48. The van der Waals surface area contributed by atoms with E-state index in [9.17, 15) is 4.79 Å². The molecule has 0 aliphatic heterocycles. The first kappa shape index (κ1) is 15.8. The molecule has 1 fully saturated rings. The van der Waals surface area contributed by atoms with Crippen LogP contribution in [-0.4, -0.2) is 33.2 Å². The number of carbonyl (C=O) groups is 1. The third-order valence-electron chi connectivity index (χ3n) is 4.69. The van der Waals surface area contributed by atoms with E-state index in [4.69, 9.17) is 0 Å². The average molecular weight is 311 g/mol. The highest BCUT2D eigenvalue weighted by atomic mass is 16.2. The Kier molecular flexibility index (Phi) is 5.11. The van der Waals surface area contributed by atoms with Gasteiger partial charge in [0.1, 0.15) is 0 Å². The van der Waals surface area contributed by atoms with E-state index in [2.05, 4.69) is 16.9 Å². The van der Waals surface area contributed by atoms with Crippen molar-refractivity contribution in [1.82, 2.24) is 14.7 Å². The van der Waals surface area contributed by atoms with E-state index < -0.39 is 0 Å². The molecule has 1 amide bonds. The summed E-state index contributed by atoms with van der Waals surface area (Å²) in [6.45, 7) is 2.89. The lowest BCUT2D eigenvalue weighted by molar-refractivity contribution is -0.133. The van der Waals surface area contributed by atoms with Gasteiger partial charge in [-0.15, -0.1) is 0 Å². The fourth-order valence-corrected chi connectivity index (χ4v) is 3.48. The maximum Gasteiger partial charge on any atom is 0.227 e. The number of likely N-dealkylation sites (N-methyl/N-ethyl adjacent to an activating group) is 1. The number of rotatable bonds is 5. The summed E-state index contributed by atoms with van der Waals surface area (Å²) in [6.07, 6.45) is 10.3. The van der Waals surface area contributed by atoms with E-state index in [1.165, 1.54) is 19.3 Å². The molecule has 1 aromatic heterocycles. The van der Waals surface area contributed by atoms with E-state index in [-0.39, 0.29) is 5.91 Å². The van der Waals surface area contributed by atoms with E-state index in [1.54, 1.807) is 6.20 Å². The van der Waals surface area contributed by atoms with Gasteiger partial charge in [-0.05, 0) is 37.5 Å². The minimum Gasteiger partial charge on any atom is -0.340 e. The van der Waals surface area contributed by atoms with Crippen LogP contribution in [0.3, 0.4) is 0 Å². The summed E-state index contributed by atoms with van der Waals surface area (Å²) < 4.78 is 1.83. The third-order valence-corrected chi connectivity index (χ3v) is 4.69. The number of benzene rings is 1. The van der Waals surface area contributed by atoms with Crippen LogP contribution in [0.25, 0.3) is 5.69 Å². The summed E-state index contributed by atoms with van der Waals surface area (Å²) in [7, 11) is 0. The lowest BCUT2D eigenvalue weighted by atomic mass is 9.94. The van der Waals surface area contributed by atoms with Gasteiger partial charge in [0.25, 0.3) is 0 Å². The maximum atomic E-state index is 12.7. The number of nitrogens with zero attached hydrogens (tertiary/aromatic N) is 3. The Morgan fingerprint density at radius 2 is 1.96 bits per heavy atom. The second kappa shape index (κ2) is 7.44. The van der Waals surface area contributed by atoms with E-state index in [1.807, 2.05) is 41.2 Å². The van der Waals surface area contributed by atoms with Crippen molar-refractivity contribution in [2.24, 2.45) is 0 Å². The Balaban J connectivity index is 1.66. The first-order chi connectivity index (χ1) is 11.3. The summed E-state index contributed by atoms with van der Waals surface area (Å²) >= 11 is 0. The molecule has 0 radical (unpaired) electrons. The Labute approximate surface area is 138 Å². The largest absolute Gasteiger partial charge is 0.340 e. The normalized spacial score (nSPS) is 15.5. The van der Waals surface area contributed by atoms with Crippen molar-refractivity contribution in [3.05, 3.63) is 48.3 Å². The molecule has 122 valence electrons. The molecule has 2 aromatic rings. The van der Waals surface area contributed by atoms with Crippen LogP contribution in [0.4, 0.5) is 0 Å². The second-order valence-corrected chi connectivity index (χ2v) is 6.28. The lowest BCUT2D eigenvalue weighted by Crippen LogP contribution is -2.42. The number of aromatic nitrogens is 2. The molecular formula is C19H25N3O. The SMILES string of the molecule is CCN(C(=O)Cc1cnn(-c2ccccc2)c1)C1CCCCC1. The first-order valence-electron chi connectivity index (χ1n) is 8.66. The van der Waals surface area contributed by atoms with Gasteiger partial charge in [0.15, 0.2) is 0 Å². The minimum atomic E-state index is 0.229. The molecule has 3 rings (SSSR count). The Bertz CT molecular complexity index is 629. The van der Waals surface area contributed by atoms with Gasteiger partial charge < -0.3 is 4.90 Å². The van der Waals surface area contributed by atoms with Crippen LogP contribution in [0, 0.1) is 0 Å². The predicted molar refractivity (Wildman–Crippen MR) is 91.5 cm³/mol. The molecule has 1 saturated carbocycles. The third kappa shape index (κ3) is 3.81. The topological polar surface area (TPSA) is 38.1 Å². The van der Waals surface area contributed by atoms with Gasteiger partial charge in [0.2, 0.25) is 5.91 Å². The number of amides is 1. The van der Waals surface area contributed by atoms with Crippen molar-refractivity contribution >= 4 is 5.91 Å². The molecule has 1 aliphatic carbocycles. The predicted octanol–water partition coefficient (Wildman–Crippen LogP) is 3.60. The molecule has 4 heteroatoms. The highest BCUT2D eigenvalue weighted by Crippen LogP contribution is 2.23. The molecule has 0 atom stereocenters. The summed E-state index contributed by atoms with van der Waals surface area (Å²) in [5, 5.41) is 4.38. The van der Waals surface area contributed by atoms with Gasteiger partial charge in [0, 0.05) is 18.8 Å². The van der Waals surface area contributed by atoms with E-state index in [0.29, 0.717) is 12.5 Å². The summed E-state index contributed by atoms with van der Waals surface area (Å²) in [5.41, 5.74) is 2.00. The van der Waals surface area contributed by atoms with Gasteiger partial charge in [-0.1, -0.05) is 37.5 Å². The number of para-hydroxylation sites is 1. The summed E-state index contributed by atoms with van der Waals surface area (Å²) in [5.74, 6) is 0.229. The van der Waals surface area contributed by atoms with Crippen molar-refractivity contribution in [2.45, 2.75) is 51.5 Å². The molecule has 0 spiro atoms. The molecule has 4 nitrogen and oxygen atoms in total. The highest BCUT2D eigenvalue weighted by Gasteiger charge is 2.24. The number of carbonyl (C=O) groups excluding carboxylic acids is 1. The molecule has 0 N–H and O–H groups in total. The molecule has 1 aliphatic rings. The van der Waals surface area contributed by atoms with Crippen LogP contribution in [0.15, 0.2) is 42.7 Å². The second-order valence-electron chi connectivity index (χ2n) is 6.28. The zero-order valence-corrected chi connectivity index (χ0v) is 13.8. The first-order valence-corrected chi connectivity index (χ1v) is 8.66. The van der Waals surface area contributed by atoms with Gasteiger partial charge in [0.05, 0.1) is 18.3 Å². The maximum absolute atomic E-state index is 12.7. The number of hydrogen-bond donors (Lipinski definition) is 0. The number of hydrogen-bond acceptors (Lipinski definition) is 2. The summed E-state index contributed by atoms with van der Waals surface area (Å²) in [4.78, 5) is 14.7. The van der Waals surface area contributed by atoms with Crippen LogP contribution >= 0.6 is 0 Å². The highest BCUT2D eigenvalue weighted by molar-refractivity contribution is 5.79. The Morgan fingerprint density at radius 3 is 2.65 bits per heavy atom. The van der Waals surface area contributed by atoms with Gasteiger partial charge >= 0.3 is 0 Å². The molecule has 0 bridgehead atoms. The van der Waals surface area contributed by atoms with Crippen molar-refractivity contribution < 1.29 is 4.79 Å². The standard InChI is InChI=1S/C19H25N3O/c1-2-21(17-9-5-3-6-10-17)19(23)13-16-14-20-22(15-16)18-11-7-4-8-12-18/h4,7-8,11-12,14-15,17H,2-3,5-6,9-10,13H2,1H3. The molecule has 23 heavy (non-hydrogen) atoms. The monoisotopic (exact) mass is 311 g/mol. The molecular weight excluding hydrogens is 286 g/mol. The van der Waals surface area contributed by atoms with Crippen molar-refractivity contribution in [3.8, 4) is 5.69 Å². The zero-order chi connectivity index (χ0) is 16.1. The molecule has 0 saturated heterocycles. The van der Waals surface area contributed by atoms with Gasteiger partial charge in [-0.25, -0.2) is 4.68 Å². The van der Waals surface area contributed by atoms with Crippen molar-refractivity contribution in [3.63, 3.8) is 0 Å². The van der Waals surface area contributed by atoms with Crippen LogP contribution in [-0.2, 0) is 11.2 Å². The molecule has 1 heterocycles. The Morgan fingerprint density at radius 1 is 1.22 bits per heavy atom. The van der Waals surface area contributed by atoms with Crippen LogP contribution in [0.1, 0.15) is 44.6 Å². The molecule has 0 unspecified atom stereocenters. The Hall–Kier alpha value is -2.10. The summed E-state index contributed by atoms with van der Waals surface area (Å²) in [6, 6.07) is 10.4. The lowest BCUT2D eigenvalue weighted by Gasteiger charge is -2.33.